The van der Waals surface area contributed by atoms with E-state index in [2.05, 4.69) is 144 Å². The molecule has 2 aromatic heterocycles. The van der Waals surface area contributed by atoms with Crippen LogP contribution in [0.25, 0.3) is 76.5 Å². The minimum absolute atomic E-state index is 0.842. The van der Waals surface area contributed by atoms with E-state index in [-0.39, 0.29) is 0 Å². The average Bonchev–Trinajstić information content (AvgIpc) is 3.71. The maximum absolute atomic E-state index is 6.72. The van der Waals surface area contributed by atoms with Crippen molar-refractivity contribution in [3.8, 4) is 11.1 Å². The zero-order valence-electron chi connectivity index (χ0n) is 25.4. The van der Waals surface area contributed by atoms with Crippen molar-refractivity contribution in [2.45, 2.75) is 0 Å². The zero-order chi connectivity index (χ0) is 30.9. The summed E-state index contributed by atoms with van der Waals surface area (Å²) in [5.74, 6) is 0. The van der Waals surface area contributed by atoms with E-state index in [9.17, 15) is 0 Å². The molecular formula is C44H27NO2. The van der Waals surface area contributed by atoms with Gasteiger partial charge in [-0.05, 0) is 52.1 Å². The normalized spacial score (nSPS) is 11.8. The Morgan fingerprint density at radius 3 is 1.68 bits per heavy atom. The number of hydrogen-bond donors (Lipinski definition) is 0. The lowest BCUT2D eigenvalue weighted by molar-refractivity contribution is 0.667. The first-order valence-corrected chi connectivity index (χ1v) is 15.9. The summed E-state index contributed by atoms with van der Waals surface area (Å²) in [7, 11) is 0. The monoisotopic (exact) mass is 601 g/mol. The topological polar surface area (TPSA) is 29.5 Å². The highest BCUT2D eigenvalue weighted by Crippen LogP contribution is 2.51. The number of benzene rings is 8. The molecule has 0 amide bonds. The average molecular weight is 602 g/mol. The van der Waals surface area contributed by atoms with Gasteiger partial charge in [0.2, 0.25) is 0 Å². The van der Waals surface area contributed by atoms with Crippen LogP contribution >= 0.6 is 0 Å². The SMILES string of the molecule is c1ccc(-c2c(N(c3ccc4c(c3)oc3ccccc34)c3cccc4c3oc3ccccc34)c3ccccc3c3ccccc23)cc1. The van der Waals surface area contributed by atoms with Gasteiger partial charge in [-0.25, -0.2) is 0 Å². The molecule has 0 saturated carbocycles. The Kier molecular flexibility index (Phi) is 5.57. The Balaban J connectivity index is 1.39. The van der Waals surface area contributed by atoms with E-state index in [1.807, 2.05) is 24.3 Å². The first-order chi connectivity index (χ1) is 23.3. The van der Waals surface area contributed by atoms with Crippen LogP contribution in [0.5, 0.6) is 0 Å². The van der Waals surface area contributed by atoms with Crippen molar-refractivity contribution >= 4 is 82.5 Å². The number of fused-ring (bicyclic) bond motifs is 9. The summed E-state index contributed by atoms with van der Waals surface area (Å²) in [6.45, 7) is 0. The van der Waals surface area contributed by atoms with E-state index in [4.69, 9.17) is 8.83 Å². The van der Waals surface area contributed by atoms with Gasteiger partial charge < -0.3 is 13.7 Å². The molecule has 10 rings (SSSR count). The Labute approximate surface area is 270 Å². The highest BCUT2D eigenvalue weighted by Gasteiger charge is 2.26. The third kappa shape index (κ3) is 3.87. The zero-order valence-corrected chi connectivity index (χ0v) is 25.4. The van der Waals surface area contributed by atoms with Crippen LogP contribution in [0, 0.1) is 0 Å². The van der Waals surface area contributed by atoms with E-state index in [0.717, 1.165) is 77.5 Å². The molecule has 220 valence electrons. The second-order valence-electron chi connectivity index (χ2n) is 12.0. The summed E-state index contributed by atoms with van der Waals surface area (Å²) in [6, 6.07) is 57.8. The number of anilines is 3. The Hall–Kier alpha value is -6.32. The van der Waals surface area contributed by atoms with E-state index in [1.165, 1.54) is 16.2 Å². The quantitative estimate of drug-likeness (QED) is 0.188. The largest absolute Gasteiger partial charge is 0.456 e. The van der Waals surface area contributed by atoms with Gasteiger partial charge in [0.25, 0.3) is 0 Å². The first kappa shape index (κ1) is 26.0. The molecule has 0 saturated heterocycles. The maximum atomic E-state index is 6.72. The maximum Gasteiger partial charge on any atom is 0.159 e. The summed E-state index contributed by atoms with van der Waals surface area (Å²) in [5, 5.41) is 9.16. The first-order valence-electron chi connectivity index (χ1n) is 15.9. The number of para-hydroxylation sites is 3. The van der Waals surface area contributed by atoms with Crippen LogP contribution in [-0.4, -0.2) is 0 Å². The summed E-state index contributed by atoms with van der Waals surface area (Å²) in [4.78, 5) is 2.38. The van der Waals surface area contributed by atoms with Gasteiger partial charge in [0.15, 0.2) is 5.58 Å². The van der Waals surface area contributed by atoms with Crippen LogP contribution in [0.15, 0.2) is 173 Å². The molecule has 0 spiro atoms. The van der Waals surface area contributed by atoms with Crippen molar-refractivity contribution in [2.75, 3.05) is 4.90 Å². The molecule has 0 aliphatic carbocycles. The van der Waals surface area contributed by atoms with Crippen molar-refractivity contribution in [2.24, 2.45) is 0 Å². The van der Waals surface area contributed by atoms with Gasteiger partial charge >= 0.3 is 0 Å². The Morgan fingerprint density at radius 1 is 0.362 bits per heavy atom. The molecule has 0 aliphatic rings. The van der Waals surface area contributed by atoms with Crippen molar-refractivity contribution < 1.29 is 8.83 Å². The molecular weight excluding hydrogens is 574 g/mol. The lowest BCUT2D eigenvalue weighted by atomic mass is 9.90. The second-order valence-corrected chi connectivity index (χ2v) is 12.0. The molecule has 0 N–H and O–H groups in total. The lowest BCUT2D eigenvalue weighted by Crippen LogP contribution is -2.12. The van der Waals surface area contributed by atoms with Gasteiger partial charge in [-0.2, -0.15) is 0 Å². The minimum atomic E-state index is 0.842. The summed E-state index contributed by atoms with van der Waals surface area (Å²) in [5.41, 5.74) is 8.80. The van der Waals surface area contributed by atoms with Crippen LogP contribution in [-0.2, 0) is 0 Å². The molecule has 47 heavy (non-hydrogen) atoms. The third-order valence-corrected chi connectivity index (χ3v) is 9.44. The molecule has 8 aromatic carbocycles. The molecule has 10 aromatic rings. The molecule has 2 heterocycles. The molecule has 0 atom stereocenters. The highest BCUT2D eigenvalue weighted by molar-refractivity contribution is 6.23. The van der Waals surface area contributed by atoms with Gasteiger partial charge in [0, 0.05) is 38.6 Å². The summed E-state index contributed by atoms with van der Waals surface area (Å²) < 4.78 is 13.2. The van der Waals surface area contributed by atoms with E-state index < -0.39 is 0 Å². The van der Waals surface area contributed by atoms with E-state index >= 15 is 0 Å². The predicted octanol–water partition coefficient (Wildman–Crippen LogP) is 12.9. The Morgan fingerprint density at radius 2 is 0.915 bits per heavy atom. The van der Waals surface area contributed by atoms with Crippen LogP contribution in [0.4, 0.5) is 17.1 Å². The van der Waals surface area contributed by atoms with Crippen LogP contribution < -0.4 is 4.90 Å². The molecule has 3 heteroatoms. The van der Waals surface area contributed by atoms with Crippen molar-refractivity contribution in [1.82, 2.24) is 0 Å². The highest BCUT2D eigenvalue weighted by atomic mass is 16.3. The fourth-order valence-electron chi connectivity index (χ4n) is 7.40. The summed E-state index contributed by atoms with van der Waals surface area (Å²) >= 11 is 0. The number of nitrogens with zero attached hydrogens (tertiary/aromatic N) is 1. The molecule has 0 radical (unpaired) electrons. The van der Waals surface area contributed by atoms with Crippen molar-refractivity contribution in [1.29, 1.82) is 0 Å². The van der Waals surface area contributed by atoms with Gasteiger partial charge in [-0.1, -0.05) is 127 Å². The van der Waals surface area contributed by atoms with Crippen LogP contribution in [0.2, 0.25) is 0 Å². The molecule has 0 fully saturated rings. The second kappa shape index (κ2) is 10.1. The van der Waals surface area contributed by atoms with Crippen molar-refractivity contribution in [3.63, 3.8) is 0 Å². The van der Waals surface area contributed by atoms with Gasteiger partial charge in [0.05, 0.1) is 17.1 Å². The van der Waals surface area contributed by atoms with E-state index in [0.29, 0.717) is 0 Å². The molecule has 3 nitrogen and oxygen atoms in total. The van der Waals surface area contributed by atoms with Crippen LogP contribution in [0.3, 0.4) is 0 Å². The smallest absolute Gasteiger partial charge is 0.159 e. The fraction of sp³-hybridized carbons (Fsp3) is 0. The predicted molar refractivity (Wildman–Crippen MR) is 196 cm³/mol. The lowest BCUT2D eigenvalue weighted by Gasteiger charge is -2.30. The molecule has 0 unspecified atom stereocenters. The standard InChI is InChI=1S/C44H27NO2/c1-2-13-28(14-3-1)42-35-19-6-4-15-30(35)31-16-5-7-20-36(31)43(42)45(29-25-26-34-32-17-8-10-23-39(32)46-41(34)27-29)38-22-12-21-37-33-18-9-11-24-40(33)47-44(37)38/h1-27H. The van der Waals surface area contributed by atoms with Gasteiger partial charge in [-0.15, -0.1) is 0 Å². The van der Waals surface area contributed by atoms with E-state index in [1.54, 1.807) is 0 Å². The molecule has 0 bridgehead atoms. The summed E-state index contributed by atoms with van der Waals surface area (Å²) in [6.07, 6.45) is 0. The third-order valence-electron chi connectivity index (χ3n) is 9.44. The number of furan rings is 2. The van der Waals surface area contributed by atoms with Crippen LogP contribution in [0.1, 0.15) is 0 Å². The minimum Gasteiger partial charge on any atom is -0.456 e. The molecule has 0 aliphatic heterocycles. The number of rotatable bonds is 4. The van der Waals surface area contributed by atoms with Gasteiger partial charge in [0.1, 0.15) is 16.7 Å². The van der Waals surface area contributed by atoms with Crippen molar-refractivity contribution in [3.05, 3.63) is 164 Å². The number of hydrogen-bond acceptors (Lipinski definition) is 3. The van der Waals surface area contributed by atoms with Gasteiger partial charge in [-0.3, -0.25) is 0 Å². The Bertz CT molecular complexity index is 2810. The fourth-order valence-corrected chi connectivity index (χ4v) is 7.40.